The fraction of sp³-hybridized carbons (Fsp3) is 0.167. The minimum Gasteiger partial charge on any atom is -0.338 e. The molecule has 1 aliphatic heterocycles. The predicted molar refractivity (Wildman–Crippen MR) is 89.5 cm³/mol. The van der Waals surface area contributed by atoms with Gasteiger partial charge in [-0.05, 0) is 23.6 Å². The summed E-state index contributed by atoms with van der Waals surface area (Å²) >= 11 is 5.81. The fourth-order valence-corrected chi connectivity index (χ4v) is 3.58. The summed E-state index contributed by atoms with van der Waals surface area (Å²) in [6, 6.07) is 19.0. The van der Waals surface area contributed by atoms with Gasteiger partial charge in [-0.3, -0.25) is 0 Å². The van der Waals surface area contributed by atoms with E-state index in [0.717, 1.165) is 11.4 Å². The molecule has 0 saturated heterocycles. The van der Waals surface area contributed by atoms with Crippen molar-refractivity contribution < 1.29 is 0 Å². The van der Waals surface area contributed by atoms with Crippen LogP contribution in [0.3, 0.4) is 0 Å². The Bertz CT molecular complexity index is 662. The average Bonchev–Trinajstić information content (AvgIpc) is 2.72. The first-order valence-corrected chi connectivity index (χ1v) is 7.16. The molecular weight excluding hydrogens is 262 g/mol. The van der Waals surface area contributed by atoms with Crippen LogP contribution in [0.1, 0.15) is 17.5 Å². The molecule has 3 rings (SSSR count). The summed E-state index contributed by atoms with van der Waals surface area (Å²) < 4.78 is 0. The second-order valence-corrected chi connectivity index (χ2v) is 5.53. The average molecular weight is 279 g/mol. The number of fused-ring (bicyclic) bond motifs is 1. The number of nitrogens with zero attached hydrogens (tertiary/aromatic N) is 1. The van der Waals surface area contributed by atoms with E-state index in [1.54, 1.807) is 0 Å². The molecule has 0 fully saturated rings. The SMILES string of the molecule is C=CC[C@]1(c2ccccc2)C(=S)N(C)c2ccccc21. The van der Waals surface area contributed by atoms with Gasteiger partial charge in [0.05, 0.1) is 10.4 Å². The van der Waals surface area contributed by atoms with E-state index in [1.807, 2.05) is 12.1 Å². The highest BCUT2D eigenvalue weighted by atomic mass is 32.1. The molecule has 0 amide bonds. The van der Waals surface area contributed by atoms with Crippen LogP contribution < -0.4 is 4.90 Å². The number of allylic oxidation sites excluding steroid dienone is 1. The number of para-hydroxylation sites is 1. The monoisotopic (exact) mass is 279 g/mol. The second kappa shape index (κ2) is 4.88. The molecule has 1 aliphatic rings. The van der Waals surface area contributed by atoms with Gasteiger partial charge in [0.1, 0.15) is 0 Å². The molecule has 0 unspecified atom stereocenters. The highest BCUT2D eigenvalue weighted by molar-refractivity contribution is 7.80. The molecule has 1 nitrogen and oxygen atoms in total. The van der Waals surface area contributed by atoms with Crippen LogP contribution in [0.25, 0.3) is 0 Å². The van der Waals surface area contributed by atoms with Gasteiger partial charge in [0.2, 0.25) is 0 Å². The lowest BCUT2D eigenvalue weighted by Gasteiger charge is -2.30. The van der Waals surface area contributed by atoms with Gasteiger partial charge < -0.3 is 4.90 Å². The van der Waals surface area contributed by atoms with Crippen LogP contribution in [0.2, 0.25) is 0 Å². The summed E-state index contributed by atoms with van der Waals surface area (Å²) in [4.78, 5) is 3.08. The van der Waals surface area contributed by atoms with Gasteiger partial charge in [-0.25, -0.2) is 0 Å². The standard InChI is InChI=1S/C18H17NS/c1-3-13-18(14-9-5-4-6-10-14)15-11-7-8-12-16(15)19(2)17(18)20/h3-12H,1,13H2,2H3/t18-/m1/s1. The van der Waals surface area contributed by atoms with Crippen LogP contribution in [0.5, 0.6) is 0 Å². The Morgan fingerprint density at radius 3 is 2.45 bits per heavy atom. The molecule has 0 aromatic heterocycles. The highest BCUT2D eigenvalue weighted by Crippen LogP contribution is 2.48. The molecule has 1 atom stereocenters. The largest absolute Gasteiger partial charge is 0.338 e. The normalized spacial score (nSPS) is 20.9. The van der Waals surface area contributed by atoms with E-state index < -0.39 is 0 Å². The maximum absolute atomic E-state index is 5.81. The number of rotatable bonds is 3. The molecule has 1 heterocycles. The van der Waals surface area contributed by atoms with Crippen molar-refractivity contribution in [2.24, 2.45) is 0 Å². The molecule has 0 spiro atoms. The Morgan fingerprint density at radius 1 is 1.10 bits per heavy atom. The molecule has 0 aliphatic carbocycles. The zero-order valence-corrected chi connectivity index (χ0v) is 12.4. The van der Waals surface area contributed by atoms with Crippen LogP contribution >= 0.6 is 12.2 Å². The van der Waals surface area contributed by atoms with E-state index in [2.05, 4.69) is 67.1 Å². The van der Waals surface area contributed by atoms with Crippen molar-refractivity contribution in [3.05, 3.63) is 78.4 Å². The van der Waals surface area contributed by atoms with Crippen molar-refractivity contribution in [3.8, 4) is 0 Å². The molecule has 2 aromatic rings. The van der Waals surface area contributed by atoms with E-state index >= 15 is 0 Å². The third kappa shape index (κ3) is 1.65. The van der Waals surface area contributed by atoms with Crippen LogP contribution in [-0.4, -0.2) is 12.0 Å². The summed E-state index contributed by atoms with van der Waals surface area (Å²) in [5, 5.41) is 0. The highest BCUT2D eigenvalue weighted by Gasteiger charge is 2.46. The molecular formula is C18H17NS. The van der Waals surface area contributed by atoms with E-state index in [9.17, 15) is 0 Å². The Kier molecular flexibility index (Phi) is 3.19. The van der Waals surface area contributed by atoms with E-state index in [1.165, 1.54) is 16.8 Å². The van der Waals surface area contributed by atoms with E-state index in [-0.39, 0.29) is 5.41 Å². The third-order valence-electron chi connectivity index (χ3n) is 4.11. The first-order chi connectivity index (χ1) is 9.71. The smallest absolute Gasteiger partial charge is 0.0977 e. The number of hydrogen-bond acceptors (Lipinski definition) is 1. The van der Waals surface area contributed by atoms with E-state index in [4.69, 9.17) is 12.2 Å². The summed E-state index contributed by atoms with van der Waals surface area (Å²) in [5.74, 6) is 0. The Balaban J connectivity index is 2.31. The van der Waals surface area contributed by atoms with Crippen molar-refractivity contribution in [1.82, 2.24) is 0 Å². The van der Waals surface area contributed by atoms with Crippen molar-refractivity contribution in [2.75, 3.05) is 11.9 Å². The fourth-order valence-electron chi connectivity index (χ4n) is 3.17. The van der Waals surface area contributed by atoms with Crippen LogP contribution in [0.4, 0.5) is 5.69 Å². The number of hydrogen-bond donors (Lipinski definition) is 0. The third-order valence-corrected chi connectivity index (χ3v) is 4.73. The van der Waals surface area contributed by atoms with Crippen molar-refractivity contribution in [1.29, 1.82) is 0 Å². The minimum absolute atomic E-state index is 0.260. The maximum Gasteiger partial charge on any atom is 0.0977 e. The molecule has 100 valence electrons. The number of thiocarbonyl (C=S) groups is 1. The zero-order chi connectivity index (χ0) is 14.2. The lowest BCUT2D eigenvalue weighted by Crippen LogP contribution is -2.37. The van der Waals surface area contributed by atoms with Gasteiger partial charge in [-0.1, -0.05) is 66.8 Å². The summed E-state index contributed by atoms with van der Waals surface area (Å²) in [6.07, 6.45) is 2.78. The van der Waals surface area contributed by atoms with Gasteiger partial charge in [0.25, 0.3) is 0 Å². The second-order valence-electron chi connectivity index (χ2n) is 5.15. The van der Waals surface area contributed by atoms with Crippen molar-refractivity contribution in [2.45, 2.75) is 11.8 Å². The predicted octanol–water partition coefficient (Wildman–Crippen LogP) is 4.33. The van der Waals surface area contributed by atoms with Crippen molar-refractivity contribution in [3.63, 3.8) is 0 Å². The Labute approximate surface area is 125 Å². The lowest BCUT2D eigenvalue weighted by atomic mass is 9.73. The minimum atomic E-state index is -0.260. The summed E-state index contributed by atoms with van der Waals surface area (Å²) in [7, 11) is 2.05. The first kappa shape index (κ1) is 13.1. The first-order valence-electron chi connectivity index (χ1n) is 6.76. The van der Waals surface area contributed by atoms with Crippen LogP contribution in [0, 0.1) is 0 Å². The van der Waals surface area contributed by atoms with Crippen molar-refractivity contribution >= 4 is 22.9 Å². The van der Waals surface area contributed by atoms with Gasteiger partial charge in [0, 0.05) is 12.7 Å². The van der Waals surface area contributed by atoms with Gasteiger partial charge in [0.15, 0.2) is 0 Å². The van der Waals surface area contributed by atoms with Crippen LogP contribution in [0.15, 0.2) is 67.3 Å². The number of anilines is 1. The maximum atomic E-state index is 5.81. The van der Waals surface area contributed by atoms with Gasteiger partial charge in [-0.15, -0.1) is 6.58 Å². The Morgan fingerprint density at radius 2 is 1.75 bits per heavy atom. The van der Waals surface area contributed by atoms with E-state index in [0.29, 0.717) is 0 Å². The molecule has 0 bridgehead atoms. The molecule has 2 aromatic carbocycles. The number of benzene rings is 2. The van der Waals surface area contributed by atoms with Crippen LogP contribution in [-0.2, 0) is 5.41 Å². The Hall–Kier alpha value is -1.93. The van der Waals surface area contributed by atoms with Gasteiger partial charge in [-0.2, -0.15) is 0 Å². The molecule has 0 radical (unpaired) electrons. The topological polar surface area (TPSA) is 3.24 Å². The lowest BCUT2D eigenvalue weighted by molar-refractivity contribution is 0.721. The molecule has 20 heavy (non-hydrogen) atoms. The molecule has 0 N–H and O–H groups in total. The summed E-state index contributed by atoms with van der Waals surface area (Å²) in [5.41, 5.74) is 3.45. The molecule has 0 saturated carbocycles. The summed E-state index contributed by atoms with van der Waals surface area (Å²) in [6.45, 7) is 3.95. The molecule has 2 heteroatoms. The quantitative estimate of drug-likeness (QED) is 0.608. The number of likely N-dealkylation sites (N-methyl/N-ethyl adjacent to an activating group) is 1. The zero-order valence-electron chi connectivity index (χ0n) is 11.5. The van der Waals surface area contributed by atoms with Gasteiger partial charge >= 0.3 is 0 Å².